The Morgan fingerprint density at radius 2 is 1.95 bits per heavy atom. The van der Waals surface area contributed by atoms with Crippen LogP contribution in [0.4, 0.5) is 0 Å². The van der Waals surface area contributed by atoms with Crippen molar-refractivity contribution in [3.8, 4) is 0 Å². The quantitative estimate of drug-likeness (QED) is 0.887. The van der Waals surface area contributed by atoms with Crippen LogP contribution in [-0.2, 0) is 11.2 Å². The van der Waals surface area contributed by atoms with E-state index in [0.717, 1.165) is 5.56 Å². The van der Waals surface area contributed by atoms with Gasteiger partial charge in [0.05, 0.1) is 0 Å². The van der Waals surface area contributed by atoms with Crippen LogP contribution in [0.25, 0.3) is 0 Å². The van der Waals surface area contributed by atoms with Gasteiger partial charge in [-0.05, 0) is 11.5 Å². The Kier molecular flexibility index (Phi) is 5.09. The van der Waals surface area contributed by atoms with Crippen LogP contribution < -0.4 is 5.32 Å². The molecule has 1 atom stereocenters. The standard InChI is InChI=1S/C16H21N3O2/c1-11(2)9-15(20)17-14(16-19-18-12(3)21-16)10-13-7-5-4-6-8-13/h4-8,11,14H,9-10H2,1-3H3,(H,17,20). The van der Waals surface area contributed by atoms with Crippen molar-refractivity contribution in [2.75, 3.05) is 0 Å². The maximum atomic E-state index is 12.0. The molecule has 0 aliphatic rings. The second kappa shape index (κ2) is 7.02. The minimum Gasteiger partial charge on any atom is -0.423 e. The first-order chi connectivity index (χ1) is 10.0. The molecule has 1 unspecified atom stereocenters. The average Bonchev–Trinajstić information content (AvgIpc) is 2.85. The Morgan fingerprint density at radius 1 is 1.24 bits per heavy atom. The molecule has 0 radical (unpaired) electrons. The van der Waals surface area contributed by atoms with Gasteiger partial charge in [-0.2, -0.15) is 0 Å². The Bertz CT molecular complexity index is 578. The van der Waals surface area contributed by atoms with Crippen LogP contribution in [0, 0.1) is 12.8 Å². The molecule has 1 N–H and O–H groups in total. The molecule has 1 aromatic carbocycles. The molecule has 0 spiro atoms. The summed E-state index contributed by atoms with van der Waals surface area (Å²) in [5, 5.41) is 10.9. The molecular formula is C16H21N3O2. The lowest BCUT2D eigenvalue weighted by atomic mass is 10.0. The molecule has 1 aromatic heterocycles. The van der Waals surface area contributed by atoms with E-state index < -0.39 is 0 Å². The van der Waals surface area contributed by atoms with Crippen LogP contribution in [0.15, 0.2) is 34.7 Å². The Balaban J connectivity index is 2.12. The summed E-state index contributed by atoms with van der Waals surface area (Å²) < 4.78 is 5.49. The topological polar surface area (TPSA) is 68.0 Å². The number of nitrogens with zero attached hydrogens (tertiary/aromatic N) is 2. The van der Waals surface area contributed by atoms with Crippen molar-refractivity contribution in [3.05, 3.63) is 47.7 Å². The molecular weight excluding hydrogens is 266 g/mol. The predicted octanol–water partition coefficient (Wildman–Crippen LogP) is 2.82. The lowest BCUT2D eigenvalue weighted by Gasteiger charge is -2.16. The minimum atomic E-state index is -0.292. The summed E-state index contributed by atoms with van der Waals surface area (Å²) in [6.07, 6.45) is 1.12. The van der Waals surface area contributed by atoms with Crippen molar-refractivity contribution in [1.29, 1.82) is 0 Å². The van der Waals surface area contributed by atoms with E-state index in [1.807, 2.05) is 44.2 Å². The van der Waals surface area contributed by atoms with E-state index in [-0.39, 0.29) is 11.9 Å². The van der Waals surface area contributed by atoms with Crippen molar-refractivity contribution in [1.82, 2.24) is 15.5 Å². The van der Waals surface area contributed by atoms with Crippen LogP contribution in [0.5, 0.6) is 0 Å². The van der Waals surface area contributed by atoms with Crippen molar-refractivity contribution >= 4 is 5.91 Å². The van der Waals surface area contributed by atoms with Gasteiger partial charge in [-0.15, -0.1) is 10.2 Å². The second-order valence-electron chi connectivity index (χ2n) is 5.57. The summed E-state index contributed by atoms with van der Waals surface area (Å²) >= 11 is 0. The van der Waals surface area contributed by atoms with Crippen LogP contribution in [-0.4, -0.2) is 16.1 Å². The van der Waals surface area contributed by atoms with E-state index in [1.54, 1.807) is 6.92 Å². The minimum absolute atomic E-state index is 0.00165. The summed E-state index contributed by atoms with van der Waals surface area (Å²) in [6.45, 7) is 5.78. The first kappa shape index (κ1) is 15.2. The molecule has 5 nitrogen and oxygen atoms in total. The molecule has 0 fully saturated rings. The zero-order chi connectivity index (χ0) is 15.2. The number of aryl methyl sites for hydroxylation is 1. The van der Waals surface area contributed by atoms with Gasteiger partial charge in [0.15, 0.2) is 0 Å². The van der Waals surface area contributed by atoms with Gasteiger partial charge in [-0.3, -0.25) is 4.79 Å². The van der Waals surface area contributed by atoms with E-state index in [4.69, 9.17) is 4.42 Å². The lowest BCUT2D eigenvalue weighted by molar-refractivity contribution is -0.122. The van der Waals surface area contributed by atoms with Gasteiger partial charge in [0.1, 0.15) is 6.04 Å². The van der Waals surface area contributed by atoms with Crippen LogP contribution in [0.2, 0.25) is 0 Å². The Hall–Kier alpha value is -2.17. The van der Waals surface area contributed by atoms with Gasteiger partial charge < -0.3 is 9.73 Å². The van der Waals surface area contributed by atoms with E-state index in [1.165, 1.54) is 0 Å². The third kappa shape index (κ3) is 4.70. The maximum Gasteiger partial charge on any atom is 0.239 e. The largest absolute Gasteiger partial charge is 0.423 e. The first-order valence-corrected chi connectivity index (χ1v) is 7.18. The summed E-state index contributed by atoms with van der Waals surface area (Å²) in [6, 6.07) is 9.66. The normalized spacial score (nSPS) is 12.4. The number of nitrogens with one attached hydrogen (secondary N) is 1. The zero-order valence-electron chi connectivity index (χ0n) is 12.7. The van der Waals surface area contributed by atoms with Gasteiger partial charge in [0, 0.05) is 19.8 Å². The van der Waals surface area contributed by atoms with Gasteiger partial charge in [-0.25, -0.2) is 0 Å². The molecule has 112 valence electrons. The van der Waals surface area contributed by atoms with Gasteiger partial charge in [0.25, 0.3) is 0 Å². The van der Waals surface area contributed by atoms with E-state index in [9.17, 15) is 4.79 Å². The maximum absolute atomic E-state index is 12.0. The third-order valence-corrected chi connectivity index (χ3v) is 3.05. The number of hydrogen-bond acceptors (Lipinski definition) is 4. The van der Waals surface area contributed by atoms with Gasteiger partial charge in [-0.1, -0.05) is 44.2 Å². The SMILES string of the molecule is Cc1nnc(C(Cc2ccccc2)NC(=O)CC(C)C)o1. The van der Waals surface area contributed by atoms with E-state index in [2.05, 4.69) is 15.5 Å². The number of hydrogen-bond donors (Lipinski definition) is 1. The lowest BCUT2D eigenvalue weighted by Crippen LogP contribution is -2.31. The molecule has 0 aliphatic carbocycles. The Morgan fingerprint density at radius 3 is 2.52 bits per heavy atom. The number of carbonyl (C=O) groups is 1. The van der Waals surface area contributed by atoms with Crippen molar-refractivity contribution < 1.29 is 9.21 Å². The molecule has 0 saturated carbocycles. The molecule has 0 aliphatic heterocycles. The molecule has 0 saturated heterocycles. The molecule has 5 heteroatoms. The van der Waals surface area contributed by atoms with Crippen molar-refractivity contribution in [2.24, 2.45) is 5.92 Å². The fourth-order valence-corrected chi connectivity index (χ4v) is 2.13. The molecule has 1 amide bonds. The highest BCUT2D eigenvalue weighted by atomic mass is 16.4. The van der Waals surface area contributed by atoms with Crippen molar-refractivity contribution in [3.63, 3.8) is 0 Å². The monoisotopic (exact) mass is 287 g/mol. The first-order valence-electron chi connectivity index (χ1n) is 7.18. The van der Waals surface area contributed by atoms with E-state index in [0.29, 0.717) is 30.5 Å². The summed E-state index contributed by atoms with van der Waals surface area (Å²) in [7, 11) is 0. The molecule has 21 heavy (non-hydrogen) atoms. The Labute approximate surface area is 124 Å². The second-order valence-corrected chi connectivity index (χ2v) is 5.57. The van der Waals surface area contributed by atoms with Gasteiger partial charge in [0.2, 0.25) is 17.7 Å². The summed E-state index contributed by atoms with van der Waals surface area (Å²) in [5.41, 5.74) is 1.11. The zero-order valence-corrected chi connectivity index (χ0v) is 12.7. The molecule has 1 heterocycles. The van der Waals surface area contributed by atoms with Crippen LogP contribution in [0.1, 0.15) is 43.7 Å². The number of carbonyl (C=O) groups excluding carboxylic acids is 1. The van der Waals surface area contributed by atoms with Crippen molar-refractivity contribution in [2.45, 2.75) is 39.7 Å². The van der Waals surface area contributed by atoms with Crippen LogP contribution in [0.3, 0.4) is 0 Å². The number of rotatable bonds is 6. The fraction of sp³-hybridized carbons (Fsp3) is 0.438. The summed E-state index contributed by atoms with van der Waals surface area (Å²) in [4.78, 5) is 12.0. The smallest absolute Gasteiger partial charge is 0.239 e. The number of aromatic nitrogens is 2. The number of benzene rings is 1. The molecule has 2 aromatic rings. The fourth-order valence-electron chi connectivity index (χ4n) is 2.13. The highest BCUT2D eigenvalue weighted by Gasteiger charge is 2.21. The predicted molar refractivity (Wildman–Crippen MR) is 79.5 cm³/mol. The average molecular weight is 287 g/mol. The molecule has 2 rings (SSSR count). The highest BCUT2D eigenvalue weighted by molar-refractivity contribution is 5.76. The van der Waals surface area contributed by atoms with Crippen LogP contribution >= 0.6 is 0 Å². The summed E-state index contributed by atoms with van der Waals surface area (Å²) in [5.74, 6) is 1.27. The van der Waals surface area contributed by atoms with E-state index >= 15 is 0 Å². The number of amides is 1. The van der Waals surface area contributed by atoms with Gasteiger partial charge >= 0.3 is 0 Å². The molecule has 0 bridgehead atoms. The third-order valence-electron chi connectivity index (χ3n) is 3.05. The highest BCUT2D eigenvalue weighted by Crippen LogP contribution is 2.18.